The van der Waals surface area contributed by atoms with Crippen LogP contribution in [0.5, 0.6) is 0 Å². The van der Waals surface area contributed by atoms with Gasteiger partial charge in [-0.15, -0.1) is 0 Å². The number of nitrogens with zero attached hydrogens (tertiary/aromatic N) is 2. The van der Waals surface area contributed by atoms with E-state index in [9.17, 15) is 0 Å². The van der Waals surface area contributed by atoms with Crippen LogP contribution in [0.15, 0.2) is 0 Å². The monoisotopic (exact) mass is 198 g/mol. The van der Waals surface area contributed by atoms with Crippen LogP contribution in [0.1, 0.15) is 12.8 Å². The van der Waals surface area contributed by atoms with Gasteiger partial charge < -0.3 is 5.32 Å². The average molecular weight is 198 g/mol. The molecule has 2 N–H and O–H groups in total. The fraction of sp³-hybridized carbons (Fsp3) is 1.00. The highest BCUT2D eigenvalue weighted by molar-refractivity contribution is 4.81. The van der Waals surface area contributed by atoms with E-state index >= 15 is 0 Å². The summed E-state index contributed by atoms with van der Waals surface area (Å²) in [6.07, 6.45) is 2.64. The fourth-order valence-corrected chi connectivity index (χ4v) is 2.50. The standard InChI is InChI=1S/C10H22N4/c1-11-14-6-2-10(3-7-14)13-8-4-12-5-9-13/h10-12H,2-9H2,1H3. The van der Waals surface area contributed by atoms with Crippen molar-refractivity contribution in [2.24, 2.45) is 0 Å². The van der Waals surface area contributed by atoms with E-state index in [1.807, 2.05) is 7.05 Å². The van der Waals surface area contributed by atoms with Crippen molar-refractivity contribution >= 4 is 0 Å². The highest BCUT2D eigenvalue weighted by Gasteiger charge is 2.24. The van der Waals surface area contributed by atoms with Gasteiger partial charge in [-0.1, -0.05) is 0 Å². The summed E-state index contributed by atoms with van der Waals surface area (Å²) in [4.78, 5) is 2.66. The van der Waals surface area contributed by atoms with E-state index in [2.05, 4.69) is 20.7 Å². The Bertz CT molecular complexity index is 160. The molecule has 0 bridgehead atoms. The lowest BCUT2D eigenvalue weighted by molar-refractivity contribution is 0.0777. The van der Waals surface area contributed by atoms with E-state index in [0.29, 0.717) is 0 Å². The van der Waals surface area contributed by atoms with Crippen LogP contribution < -0.4 is 10.7 Å². The summed E-state index contributed by atoms with van der Waals surface area (Å²) in [6, 6.07) is 0.835. The zero-order valence-electron chi connectivity index (χ0n) is 9.13. The van der Waals surface area contributed by atoms with Gasteiger partial charge in [-0.3, -0.25) is 10.3 Å². The van der Waals surface area contributed by atoms with Crippen molar-refractivity contribution in [2.45, 2.75) is 18.9 Å². The maximum atomic E-state index is 3.41. The molecular formula is C10H22N4. The predicted octanol–water partition coefficient (Wildman–Crippen LogP) is -0.510. The van der Waals surface area contributed by atoms with Gasteiger partial charge in [0.05, 0.1) is 0 Å². The first-order valence-corrected chi connectivity index (χ1v) is 5.77. The molecular weight excluding hydrogens is 176 g/mol. The molecule has 4 nitrogen and oxygen atoms in total. The minimum absolute atomic E-state index is 0.835. The Morgan fingerprint density at radius 2 is 1.71 bits per heavy atom. The summed E-state index contributed by atoms with van der Waals surface area (Å²) in [5.41, 5.74) is 3.23. The lowest BCUT2D eigenvalue weighted by atomic mass is 10.0. The first kappa shape index (κ1) is 10.4. The van der Waals surface area contributed by atoms with Crippen molar-refractivity contribution in [2.75, 3.05) is 46.3 Å². The average Bonchev–Trinajstić information content (AvgIpc) is 2.30. The van der Waals surface area contributed by atoms with E-state index in [1.165, 1.54) is 52.1 Å². The van der Waals surface area contributed by atoms with E-state index in [0.717, 1.165) is 6.04 Å². The molecule has 2 rings (SSSR count). The van der Waals surface area contributed by atoms with Crippen molar-refractivity contribution in [1.82, 2.24) is 20.7 Å². The van der Waals surface area contributed by atoms with Gasteiger partial charge in [0.2, 0.25) is 0 Å². The number of nitrogens with one attached hydrogen (secondary N) is 2. The normalized spacial score (nSPS) is 28.1. The topological polar surface area (TPSA) is 30.5 Å². The molecule has 2 saturated heterocycles. The van der Waals surface area contributed by atoms with Crippen LogP contribution in [0.25, 0.3) is 0 Å². The van der Waals surface area contributed by atoms with Gasteiger partial charge in [0.1, 0.15) is 0 Å². The molecule has 4 heteroatoms. The second-order valence-electron chi connectivity index (χ2n) is 4.23. The van der Waals surface area contributed by atoms with Crippen LogP contribution in [0.3, 0.4) is 0 Å². The number of piperazine rings is 1. The fourth-order valence-electron chi connectivity index (χ4n) is 2.50. The van der Waals surface area contributed by atoms with Crippen LogP contribution in [-0.4, -0.2) is 62.3 Å². The molecule has 0 radical (unpaired) electrons. The summed E-state index contributed by atoms with van der Waals surface area (Å²) in [5.74, 6) is 0. The molecule has 0 aromatic rings. The molecule has 82 valence electrons. The van der Waals surface area contributed by atoms with Gasteiger partial charge in [-0.2, -0.15) is 0 Å². The number of rotatable bonds is 2. The number of piperidine rings is 1. The Hall–Kier alpha value is -0.160. The Labute approximate surface area is 86.6 Å². The maximum absolute atomic E-state index is 3.41. The van der Waals surface area contributed by atoms with Crippen molar-refractivity contribution in [3.05, 3.63) is 0 Å². The van der Waals surface area contributed by atoms with Gasteiger partial charge >= 0.3 is 0 Å². The van der Waals surface area contributed by atoms with Crippen LogP contribution in [0, 0.1) is 0 Å². The van der Waals surface area contributed by atoms with Gasteiger partial charge in [0, 0.05) is 45.3 Å². The highest BCUT2D eigenvalue weighted by Crippen LogP contribution is 2.15. The van der Waals surface area contributed by atoms with E-state index in [-0.39, 0.29) is 0 Å². The second-order valence-corrected chi connectivity index (χ2v) is 4.23. The third-order valence-corrected chi connectivity index (χ3v) is 3.45. The SMILES string of the molecule is CNN1CCC(N2CCNCC2)CC1. The zero-order chi connectivity index (χ0) is 9.80. The van der Waals surface area contributed by atoms with Gasteiger partial charge in [-0.05, 0) is 19.9 Å². The molecule has 0 unspecified atom stereocenters. The largest absolute Gasteiger partial charge is 0.314 e. The smallest absolute Gasteiger partial charge is 0.0145 e. The van der Waals surface area contributed by atoms with Gasteiger partial charge in [-0.25, -0.2) is 5.01 Å². The Morgan fingerprint density at radius 1 is 1.07 bits per heavy atom. The molecule has 14 heavy (non-hydrogen) atoms. The van der Waals surface area contributed by atoms with Crippen molar-refractivity contribution in [1.29, 1.82) is 0 Å². The first-order valence-electron chi connectivity index (χ1n) is 5.77. The molecule has 2 fully saturated rings. The lowest BCUT2D eigenvalue weighted by Crippen LogP contribution is -2.53. The molecule has 0 aromatic heterocycles. The van der Waals surface area contributed by atoms with E-state index in [1.54, 1.807) is 0 Å². The van der Waals surface area contributed by atoms with E-state index in [4.69, 9.17) is 0 Å². The number of hydrazine groups is 1. The number of hydrogen-bond acceptors (Lipinski definition) is 4. The molecule has 0 amide bonds. The number of hydrogen-bond donors (Lipinski definition) is 2. The molecule has 0 spiro atoms. The molecule has 2 aliphatic rings. The summed E-state index contributed by atoms with van der Waals surface area (Å²) >= 11 is 0. The summed E-state index contributed by atoms with van der Waals surface area (Å²) in [5, 5.41) is 5.73. The minimum atomic E-state index is 0.835. The molecule has 2 heterocycles. The van der Waals surface area contributed by atoms with E-state index < -0.39 is 0 Å². The minimum Gasteiger partial charge on any atom is -0.314 e. The van der Waals surface area contributed by atoms with Gasteiger partial charge in [0.15, 0.2) is 0 Å². The molecule has 2 aliphatic heterocycles. The molecule has 0 atom stereocenters. The summed E-state index contributed by atoms with van der Waals surface area (Å²) in [7, 11) is 2.02. The Morgan fingerprint density at radius 3 is 2.29 bits per heavy atom. The van der Waals surface area contributed by atoms with Crippen LogP contribution >= 0.6 is 0 Å². The Balaban J connectivity index is 1.76. The summed E-state index contributed by atoms with van der Waals surface area (Å²) in [6.45, 7) is 7.23. The van der Waals surface area contributed by atoms with Crippen molar-refractivity contribution < 1.29 is 0 Å². The quantitative estimate of drug-likeness (QED) is 0.626. The van der Waals surface area contributed by atoms with Gasteiger partial charge in [0.25, 0.3) is 0 Å². The first-order chi connectivity index (χ1) is 6.90. The molecule has 0 aromatic carbocycles. The molecule has 0 aliphatic carbocycles. The predicted molar refractivity (Wildman–Crippen MR) is 58.1 cm³/mol. The third-order valence-electron chi connectivity index (χ3n) is 3.45. The second kappa shape index (κ2) is 5.07. The van der Waals surface area contributed by atoms with Crippen molar-refractivity contribution in [3.8, 4) is 0 Å². The third kappa shape index (κ3) is 2.45. The van der Waals surface area contributed by atoms with Crippen LogP contribution in [0.4, 0.5) is 0 Å². The Kier molecular flexibility index (Phi) is 3.75. The lowest BCUT2D eigenvalue weighted by Gasteiger charge is -2.40. The molecule has 0 saturated carbocycles. The summed E-state index contributed by atoms with van der Waals surface area (Å²) < 4.78 is 0. The van der Waals surface area contributed by atoms with Crippen LogP contribution in [0.2, 0.25) is 0 Å². The highest BCUT2D eigenvalue weighted by atomic mass is 15.5. The maximum Gasteiger partial charge on any atom is 0.0145 e. The van der Waals surface area contributed by atoms with Crippen LogP contribution in [-0.2, 0) is 0 Å². The van der Waals surface area contributed by atoms with Crippen molar-refractivity contribution in [3.63, 3.8) is 0 Å². The zero-order valence-corrected chi connectivity index (χ0v) is 9.13.